The first kappa shape index (κ1) is 11.0. The molecule has 3 nitrogen and oxygen atoms in total. The molecule has 0 bridgehead atoms. The van der Waals surface area contributed by atoms with Crippen LogP contribution in [0.1, 0.15) is 31.7 Å². The maximum absolute atomic E-state index is 5.94. The van der Waals surface area contributed by atoms with Crippen molar-refractivity contribution in [2.75, 3.05) is 5.73 Å². The van der Waals surface area contributed by atoms with Crippen molar-refractivity contribution in [2.24, 2.45) is 0 Å². The topological polar surface area (TPSA) is 43.8 Å². The van der Waals surface area contributed by atoms with Crippen molar-refractivity contribution in [3.8, 4) is 0 Å². The SMILES string of the molecule is CCCCCn1c(N)nc2cc(C)ccc21. The summed E-state index contributed by atoms with van der Waals surface area (Å²) in [5, 5.41) is 0. The van der Waals surface area contributed by atoms with Gasteiger partial charge < -0.3 is 10.3 Å². The second-order valence-electron chi connectivity index (χ2n) is 4.32. The minimum Gasteiger partial charge on any atom is -0.369 e. The van der Waals surface area contributed by atoms with Gasteiger partial charge in [-0.15, -0.1) is 0 Å². The Labute approximate surface area is 96.3 Å². The molecular weight excluding hydrogens is 198 g/mol. The van der Waals surface area contributed by atoms with Crippen molar-refractivity contribution in [3.63, 3.8) is 0 Å². The van der Waals surface area contributed by atoms with E-state index in [0.717, 1.165) is 17.6 Å². The van der Waals surface area contributed by atoms with Gasteiger partial charge in [0.25, 0.3) is 0 Å². The fraction of sp³-hybridized carbons (Fsp3) is 0.462. The molecule has 2 N–H and O–H groups in total. The lowest BCUT2D eigenvalue weighted by Crippen LogP contribution is -2.03. The predicted molar refractivity (Wildman–Crippen MR) is 68.4 cm³/mol. The summed E-state index contributed by atoms with van der Waals surface area (Å²) in [6, 6.07) is 6.31. The van der Waals surface area contributed by atoms with Crippen molar-refractivity contribution >= 4 is 17.0 Å². The van der Waals surface area contributed by atoms with Gasteiger partial charge in [-0.05, 0) is 31.0 Å². The highest BCUT2D eigenvalue weighted by atomic mass is 15.1. The molecule has 0 amide bonds. The Morgan fingerprint density at radius 3 is 2.88 bits per heavy atom. The number of rotatable bonds is 4. The Morgan fingerprint density at radius 2 is 2.12 bits per heavy atom. The summed E-state index contributed by atoms with van der Waals surface area (Å²) >= 11 is 0. The molecule has 2 aromatic rings. The van der Waals surface area contributed by atoms with Crippen LogP contribution in [0.25, 0.3) is 11.0 Å². The Bertz CT molecular complexity index is 485. The maximum Gasteiger partial charge on any atom is 0.201 e. The monoisotopic (exact) mass is 217 g/mol. The molecule has 0 unspecified atom stereocenters. The van der Waals surface area contributed by atoms with E-state index in [1.165, 1.54) is 24.8 Å². The average molecular weight is 217 g/mol. The molecule has 1 aromatic carbocycles. The zero-order valence-corrected chi connectivity index (χ0v) is 10.0. The number of hydrogen-bond donors (Lipinski definition) is 1. The number of unbranched alkanes of at least 4 members (excludes halogenated alkanes) is 2. The van der Waals surface area contributed by atoms with Crippen molar-refractivity contribution in [1.82, 2.24) is 9.55 Å². The number of aromatic nitrogens is 2. The first-order valence-electron chi connectivity index (χ1n) is 5.94. The van der Waals surface area contributed by atoms with Crippen LogP contribution >= 0.6 is 0 Å². The number of nitrogen functional groups attached to an aromatic ring is 1. The van der Waals surface area contributed by atoms with E-state index >= 15 is 0 Å². The highest BCUT2D eigenvalue weighted by molar-refractivity contribution is 5.79. The van der Waals surface area contributed by atoms with E-state index in [1.54, 1.807) is 0 Å². The maximum atomic E-state index is 5.94. The number of anilines is 1. The van der Waals surface area contributed by atoms with Crippen LogP contribution in [0.15, 0.2) is 18.2 Å². The molecule has 0 atom stereocenters. The summed E-state index contributed by atoms with van der Waals surface area (Å²) in [6.45, 7) is 5.25. The summed E-state index contributed by atoms with van der Waals surface area (Å²) in [5.41, 5.74) is 9.33. The van der Waals surface area contributed by atoms with Crippen LogP contribution in [-0.2, 0) is 6.54 Å². The molecule has 0 saturated heterocycles. The normalized spacial score (nSPS) is 11.1. The summed E-state index contributed by atoms with van der Waals surface area (Å²) < 4.78 is 2.12. The Balaban J connectivity index is 2.32. The Kier molecular flexibility index (Phi) is 3.13. The second kappa shape index (κ2) is 4.56. The minimum absolute atomic E-state index is 0.636. The molecule has 2 rings (SSSR count). The van der Waals surface area contributed by atoms with Gasteiger partial charge in [0, 0.05) is 6.54 Å². The highest BCUT2D eigenvalue weighted by Crippen LogP contribution is 2.19. The van der Waals surface area contributed by atoms with Crippen LogP contribution in [0.5, 0.6) is 0 Å². The molecule has 1 heterocycles. The largest absolute Gasteiger partial charge is 0.369 e. The number of fused-ring (bicyclic) bond motifs is 1. The number of nitrogens with two attached hydrogens (primary N) is 1. The molecule has 0 aliphatic carbocycles. The number of benzene rings is 1. The van der Waals surface area contributed by atoms with Gasteiger partial charge in [-0.1, -0.05) is 25.8 Å². The van der Waals surface area contributed by atoms with Crippen molar-refractivity contribution < 1.29 is 0 Å². The molecule has 86 valence electrons. The van der Waals surface area contributed by atoms with E-state index in [1.807, 2.05) is 0 Å². The van der Waals surface area contributed by atoms with Crippen LogP contribution in [0, 0.1) is 6.92 Å². The zero-order chi connectivity index (χ0) is 11.5. The van der Waals surface area contributed by atoms with E-state index < -0.39 is 0 Å². The quantitative estimate of drug-likeness (QED) is 0.800. The number of imidazole rings is 1. The summed E-state index contributed by atoms with van der Waals surface area (Å²) in [6.07, 6.45) is 3.64. The fourth-order valence-electron chi connectivity index (χ4n) is 2.01. The number of hydrogen-bond acceptors (Lipinski definition) is 2. The fourth-order valence-corrected chi connectivity index (χ4v) is 2.01. The van der Waals surface area contributed by atoms with Gasteiger partial charge in [0.2, 0.25) is 5.95 Å². The van der Waals surface area contributed by atoms with Gasteiger partial charge in [-0.3, -0.25) is 0 Å². The first-order valence-corrected chi connectivity index (χ1v) is 5.94. The third-order valence-electron chi connectivity index (χ3n) is 2.92. The summed E-state index contributed by atoms with van der Waals surface area (Å²) in [4.78, 5) is 4.39. The van der Waals surface area contributed by atoms with Crippen LogP contribution < -0.4 is 5.73 Å². The van der Waals surface area contributed by atoms with E-state index in [-0.39, 0.29) is 0 Å². The summed E-state index contributed by atoms with van der Waals surface area (Å²) in [5.74, 6) is 0.636. The second-order valence-corrected chi connectivity index (χ2v) is 4.32. The van der Waals surface area contributed by atoms with Gasteiger partial charge in [0.1, 0.15) is 0 Å². The van der Waals surface area contributed by atoms with Gasteiger partial charge in [-0.2, -0.15) is 0 Å². The third kappa shape index (κ3) is 2.03. The molecule has 0 aliphatic rings. The van der Waals surface area contributed by atoms with E-state index in [2.05, 4.69) is 41.6 Å². The molecular formula is C13H19N3. The highest BCUT2D eigenvalue weighted by Gasteiger charge is 2.07. The lowest BCUT2D eigenvalue weighted by atomic mass is 10.2. The van der Waals surface area contributed by atoms with E-state index in [9.17, 15) is 0 Å². The van der Waals surface area contributed by atoms with Crippen molar-refractivity contribution in [3.05, 3.63) is 23.8 Å². The Morgan fingerprint density at radius 1 is 1.31 bits per heavy atom. The lowest BCUT2D eigenvalue weighted by Gasteiger charge is -2.05. The van der Waals surface area contributed by atoms with Gasteiger partial charge in [0.05, 0.1) is 11.0 Å². The number of aryl methyl sites for hydroxylation is 2. The predicted octanol–water partition coefficient (Wildman–Crippen LogP) is 3.12. The van der Waals surface area contributed by atoms with Gasteiger partial charge in [0.15, 0.2) is 0 Å². The molecule has 0 radical (unpaired) electrons. The van der Waals surface area contributed by atoms with Gasteiger partial charge in [-0.25, -0.2) is 4.98 Å². The smallest absolute Gasteiger partial charge is 0.201 e. The van der Waals surface area contributed by atoms with Gasteiger partial charge >= 0.3 is 0 Å². The standard InChI is InChI=1S/C13H19N3/c1-3-4-5-8-16-12-7-6-10(2)9-11(12)15-13(16)14/h6-7,9H,3-5,8H2,1-2H3,(H2,14,15). The molecule has 0 aliphatic heterocycles. The molecule has 3 heteroatoms. The number of nitrogens with zero attached hydrogens (tertiary/aromatic N) is 2. The van der Waals surface area contributed by atoms with E-state index in [0.29, 0.717) is 5.95 Å². The molecule has 16 heavy (non-hydrogen) atoms. The zero-order valence-electron chi connectivity index (χ0n) is 10.0. The van der Waals surface area contributed by atoms with Crippen LogP contribution in [-0.4, -0.2) is 9.55 Å². The van der Waals surface area contributed by atoms with Crippen LogP contribution in [0.4, 0.5) is 5.95 Å². The lowest BCUT2D eigenvalue weighted by molar-refractivity contribution is 0.619. The molecule has 1 aromatic heterocycles. The van der Waals surface area contributed by atoms with Crippen molar-refractivity contribution in [1.29, 1.82) is 0 Å². The van der Waals surface area contributed by atoms with E-state index in [4.69, 9.17) is 5.73 Å². The Hall–Kier alpha value is -1.51. The molecule has 0 fully saturated rings. The average Bonchev–Trinajstić information content (AvgIpc) is 2.55. The van der Waals surface area contributed by atoms with Crippen LogP contribution in [0.2, 0.25) is 0 Å². The molecule has 0 saturated carbocycles. The minimum atomic E-state index is 0.636. The first-order chi connectivity index (χ1) is 7.72. The van der Waals surface area contributed by atoms with Crippen LogP contribution in [0.3, 0.4) is 0 Å². The summed E-state index contributed by atoms with van der Waals surface area (Å²) in [7, 11) is 0. The molecule has 0 spiro atoms. The van der Waals surface area contributed by atoms with Crippen molar-refractivity contribution in [2.45, 2.75) is 39.7 Å². The third-order valence-corrected chi connectivity index (χ3v) is 2.92.